The van der Waals surface area contributed by atoms with Gasteiger partial charge in [0.25, 0.3) is 0 Å². The Balaban J connectivity index is 1.80. The third kappa shape index (κ3) is 4.44. The molecular weight excluding hydrogens is 368 g/mol. The van der Waals surface area contributed by atoms with E-state index in [1.165, 1.54) is 36.7 Å². The predicted molar refractivity (Wildman–Crippen MR) is 97.7 cm³/mol. The fourth-order valence-corrected chi connectivity index (χ4v) is 2.49. The molecule has 0 saturated heterocycles. The summed E-state index contributed by atoms with van der Waals surface area (Å²) >= 11 is 0. The van der Waals surface area contributed by atoms with Gasteiger partial charge in [-0.2, -0.15) is 4.73 Å². The molecule has 1 N–H and O–H groups in total. The Hall–Kier alpha value is -3.88. The smallest absolute Gasteiger partial charge is 0.411 e. The van der Waals surface area contributed by atoms with Gasteiger partial charge in [0.2, 0.25) is 0 Å². The Labute approximate surface area is 158 Å². The van der Waals surface area contributed by atoms with Gasteiger partial charge in [0.1, 0.15) is 12.2 Å². The Kier molecular flexibility index (Phi) is 5.54. The molecule has 0 unspecified atom stereocenters. The number of fused-ring (bicyclic) bond motifs is 1. The molecule has 0 aliphatic heterocycles. The van der Waals surface area contributed by atoms with E-state index in [4.69, 9.17) is 13.9 Å². The molecule has 3 aromatic rings. The first kappa shape index (κ1) is 18.9. The summed E-state index contributed by atoms with van der Waals surface area (Å²) in [6.45, 7) is 1.73. The monoisotopic (exact) mass is 384 g/mol. The maximum absolute atomic E-state index is 12.1. The topological polar surface area (TPSA) is 122 Å². The molecule has 9 nitrogen and oxygen atoms in total. The maximum atomic E-state index is 12.1. The molecule has 9 heteroatoms. The molecule has 2 heterocycles. The van der Waals surface area contributed by atoms with Crippen LogP contribution >= 0.6 is 0 Å². The molecule has 3 rings (SSSR count). The van der Waals surface area contributed by atoms with Gasteiger partial charge in [-0.05, 0) is 19.1 Å². The lowest BCUT2D eigenvalue weighted by Crippen LogP contribution is -2.24. The second kappa shape index (κ2) is 8.21. The van der Waals surface area contributed by atoms with Crippen LogP contribution in [0.1, 0.15) is 22.8 Å². The zero-order valence-corrected chi connectivity index (χ0v) is 14.8. The van der Waals surface area contributed by atoms with Gasteiger partial charge >= 0.3 is 17.7 Å². The van der Waals surface area contributed by atoms with E-state index in [1.54, 1.807) is 19.1 Å². The SMILES string of the molecule is CCOC(=O)Nc1ccc2c(COC(=O)c3cc[n+]([O-])cc3)cc(=O)oc2c1. The number of pyridine rings is 1. The van der Waals surface area contributed by atoms with E-state index in [0.29, 0.717) is 21.4 Å². The van der Waals surface area contributed by atoms with Crippen LogP contribution in [-0.2, 0) is 16.1 Å². The number of nitrogens with one attached hydrogen (secondary N) is 1. The minimum Gasteiger partial charge on any atom is -0.619 e. The maximum Gasteiger partial charge on any atom is 0.411 e. The molecule has 0 fully saturated rings. The van der Waals surface area contributed by atoms with Gasteiger partial charge in [-0.15, -0.1) is 0 Å². The molecule has 0 aliphatic rings. The molecule has 0 saturated carbocycles. The van der Waals surface area contributed by atoms with Crippen molar-refractivity contribution in [2.45, 2.75) is 13.5 Å². The van der Waals surface area contributed by atoms with Crippen LogP contribution in [0.4, 0.5) is 10.5 Å². The summed E-state index contributed by atoms with van der Waals surface area (Å²) in [5, 5.41) is 14.1. The third-order valence-electron chi connectivity index (χ3n) is 3.75. The van der Waals surface area contributed by atoms with Crippen molar-refractivity contribution in [2.24, 2.45) is 0 Å². The fraction of sp³-hybridized carbons (Fsp3) is 0.158. The highest BCUT2D eigenvalue weighted by Gasteiger charge is 2.12. The predicted octanol–water partition coefficient (Wildman–Crippen LogP) is 2.35. The van der Waals surface area contributed by atoms with Crippen molar-refractivity contribution in [3.8, 4) is 0 Å². The van der Waals surface area contributed by atoms with E-state index in [1.807, 2.05) is 0 Å². The van der Waals surface area contributed by atoms with Gasteiger partial charge in [0.05, 0.1) is 12.2 Å². The van der Waals surface area contributed by atoms with Gasteiger partial charge < -0.3 is 19.1 Å². The average molecular weight is 384 g/mol. The number of aromatic nitrogens is 1. The summed E-state index contributed by atoms with van der Waals surface area (Å²) in [4.78, 5) is 35.4. The minimum absolute atomic E-state index is 0.169. The zero-order chi connectivity index (χ0) is 20.1. The number of rotatable bonds is 5. The first-order valence-corrected chi connectivity index (χ1v) is 8.33. The van der Waals surface area contributed by atoms with Crippen molar-refractivity contribution in [1.29, 1.82) is 0 Å². The van der Waals surface area contributed by atoms with Crippen molar-refractivity contribution >= 4 is 28.7 Å². The molecule has 1 aromatic carbocycles. The van der Waals surface area contributed by atoms with Crippen molar-refractivity contribution < 1.29 is 28.2 Å². The first-order valence-electron chi connectivity index (χ1n) is 8.33. The van der Waals surface area contributed by atoms with E-state index < -0.39 is 17.7 Å². The number of hydrogen-bond acceptors (Lipinski definition) is 7. The molecule has 0 atom stereocenters. The first-order chi connectivity index (χ1) is 13.5. The van der Waals surface area contributed by atoms with Gasteiger partial charge in [0, 0.05) is 40.9 Å². The van der Waals surface area contributed by atoms with Crippen LogP contribution in [0, 0.1) is 5.21 Å². The standard InChI is InChI=1S/C19H16N2O7/c1-2-26-19(24)20-14-3-4-15-13(9-17(22)28-16(15)10-14)11-27-18(23)12-5-7-21(25)8-6-12/h3-10H,2,11H2,1H3,(H,20,24). The highest BCUT2D eigenvalue weighted by Crippen LogP contribution is 2.22. The van der Waals surface area contributed by atoms with Gasteiger partial charge in [-0.1, -0.05) is 0 Å². The van der Waals surface area contributed by atoms with Crippen molar-refractivity contribution in [2.75, 3.05) is 11.9 Å². The molecule has 0 spiro atoms. The Morgan fingerprint density at radius 1 is 1.14 bits per heavy atom. The number of carbonyl (C=O) groups is 2. The molecule has 0 bridgehead atoms. The summed E-state index contributed by atoms with van der Waals surface area (Å²) < 4.78 is 15.7. The van der Waals surface area contributed by atoms with Crippen molar-refractivity contribution in [3.05, 3.63) is 75.5 Å². The highest BCUT2D eigenvalue weighted by atomic mass is 16.5. The van der Waals surface area contributed by atoms with E-state index in [0.717, 1.165) is 0 Å². The third-order valence-corrected chi connectivity index (χ3v) is 3.75. The lowest BCUT2D eigenvalue weighted by molar-refractivity contribution is -0.605. The van der Waals surface area contributed by atoms with Crippen LogP contribution in [0.15, 0.2) is 58.0 Å². The van der Waals surface area contributed by atoms with Crippen LogP contribution < -0.4 is 15.7 Å². The summed E-state index contributed by atoms with van der Waals surface area (Å²) in [5.74, 6) is -0.636. The van der Waals surface area contributed by atoms with Crippen LogP contribution in [-0.4, -0.2) is 18.7 Å². The molecule has 28 heavy (non-hydrogen) atoms. The van der Waals surface area contributed by atoms with E-state index in [-0.39, 0.29) is 24.4 Å². The highest BCUT2D eigenvalue weighted by molar-refractivity contribution is 5.91. The number of ether oxygens (including phenoxy) is 2. The number of amides is 1. The normalized spacial score (nSPS) is 10.5. The number of nitrogens with zero attached hydrogens (tertiary/aromatic N) is 1. The Morgan fingerprint density at radius 3 is 2.61 bits per heavy atom. The number of hydrogen-bond donors (Lipinski definition) is 1. The Bertz CT molecular complexity index is 1070. The fourth-order valence-electron chi connectivity index (χ4n) is 2.49. The van der Waals surface area contributed by atoms with E-state index in [2.05, 4.69) is 5.32 Å². The molecule has 1 amide bonds. The zero-order valence-electron chi connectivity index (χ0n) is 14.8. The van der Waals surface area contributed by atoms with E-state index >= 15 is 0 Å². The lowest BCUT2D eigenvalue weighted by Gasteiger charge is -2.09. The van der Waals surface area contributed by atoms with Crippen molar-refractivity contribution in [3.63, 3.8) is 0 Å². The van der Waals surface area contributed by atoms with E-state index in [9.17, 15) is 19.6 Å². The summed E-state index contributed by atoms with van der Waals surface area (Å²) in [5.41, 5.74) is 0.634. The van der Waals surface area contributed by atoms with Crippen LogP contribution in [0.3, 0.4) is 0 Å². The second-order valence-electron chi connectivity index (χ2n) is 5.67. The summed E-state index contributed by atoms with van der Waals surface area (Å²) in [6.07, 6.45) is 1.74. The molecule has 144 valence electrons. The number of esters is 1. The van der Waals surface area contributed by atoms with Crippen LogP contribution in [0.25, 0.3) is 11.0 Å². The number of benzene rings is 1. The number of carbonyl (C=O) groups excluding carboxylic acids is 2. The van der Waals surface area contributed by atoms with Crippen LogP contribution in [0.2, 0.25) is 0 Å². The quantitative estimate of drug-likeness (QED) is 0.310. The lowest BCUT2D eigenvalue weighted by atomic mass is 10.1. The largest absolute Gasteiger partial charge is 0.619 e. The molecular formula is C19H16N2O7. The average Bonchev–Trinajstić information content (AvgIpc) is 2.66. The van der Waals surface area contributed by atoms with Crippen LogP contribution in [0.5, 0.6) is 0 Å². The molecule has 0 radical (unpaired) electrons. The summed E-state index contributed by atoms with van der Waals surface area (Å²) in [6, 6.07) is 8.61. The molecule has 0 aliphatic carbocycles. The minimum atomic E-state index is -0.636. The van der Waals surface area contributed by atoms with Gasteiger partial charge in [-0.3, -0.25) is 5.32 Å². The molecule has 2 aromatic heterocycles. The Morgan fingerprint density at radius 2 is 1.89 bits per heavy atom. The van der Waals surface area contributed by atoms with Crippen molar-refractivity contribution in [1.82, 2.24) is 0 Å². The number of anilines is 1. The van der Waals surface area contributed by atoms with Gasteiger partial charge in [0.15, 0.2) is 12.4 Å². The second-order valence-corrected chi connectivity index (χ2v) is 5.67. The van der Waals surface area contributed by atoms with Gasteiger partial charge in [-0.25, -0.2) is 14.4 Å². The summed E-state index contributed by atoms with van der Waals surface area (Å²) in [7, 11) is 0.